The Hall–Kier alpha value is -3.48. The molecule has 26 heavy (non-hydrogen) atoms. The minimum Gasteiger partial charge on any atom is -0.344 e. The van der Waals surface area contributed by atoms with E-state index in [9.17, 15) is 9.59 Å². The van der Waals surface area contributed by atoms with Crippen molar-refractivity contribution in [2.75, 3.05) is 5.32 Å². The molecule has 1 aromatic heterocycles. The zero-order valence-electron chi connectivity index (χ0n) is 14.6. The number of nitrogens with zero attached hydrogens (tertiary/aromatic N) is 3. The second kappa shape index (κ2) is 7.60. The van der Waals surface area contributed by atoms with E-state index in [1.165, 1.54) is 6.33 Å². The van der Waals surface area contributed by atoms with Crippen molar-refractivity contribution < 1.29 is 9.59 Å². The number of nitrogens with one attached hydrogen (secondary N) is 2. The maximum atomic E-state index is 12.2. The molecule has 1 heterocycles. The Morgan fingerprint density at radius 1 is 1.04 bits per heavy atom. The van der Waals surface area contributed by atoms with Gasteiger partial charge in [-0.15, -0.1) is 0 Å². The lowest BCUT2D eigenvalue weighted by Gasteiger charge is -2.12. The SMILES string of the molecule is Cc1cccc(NC(=O)C(=O)NCc2ccccc2-n2cncn2)c1C. The van der Waals surface area contributed by atoms with Crippen molar-refractivity contribution in [3.8, 4) is 5.69 Å². The van der Waals surface area contributed by atoms with Crippen LogP contribution in [0.3, 0.4) is 0 Å². The third-order valence-electron chi connectivity index (χ3n) is 4.16. The molecule has 2 aromatic carbocycles. The number of benzene rings is 2. The summed E-state index contributed by atoms with van der Waals surface area (Å²) in [6.45, 7) is 4.05. The highest BCUT2D eigenvalue weighted by Crippen LogP contribution is 2.18. The third kappa shape index (κ3) is 3.77. The molecule has 0 radical (unpaired) electrons. The van der Waals surface area contributed by atoms with Gasteiger partial charge in [-0.25, -0.2) is 9.67 Å². The molecule has 0 spiro atoms. The average molecular weight is 349 g/mol. The van der Waals surface area contributed by atoms with Gasteiger partial charge >= 0.3 is 11.8 Å². The van der Waals surface area contributed by atoms with E-state index in [4.69, 9.17) is 0 Å². The third-order valence-corrected chi connectivity index (χ3v) is 4.16. The lowest BCUT2D eigenvalue weighted by Crippen LogP contribution is -2.35. The summed E-state index contributed by atoms with van der Waals surface area (Å²) in [5.41, 5.74) is 4.23. The summed E-state index contributed by atoms with van der Waals surface area (Å²) in [4.78, 5) is 28.2. The van der Waals surface area contributed by atoms with Crippen LogP contribution in [0.4, 0.5) is 5.69 Å². The maximum absolute atomic E-state index is 12.2. The predicted molar refractivity (Wildman–Crippen MR) is 97.8 cm³/mol. The van der Waals surface area contributed by atoms with Crippen molar-refractivity contribution in [2.24, 2.45) is 0 Å². The first-order valence-corrected chi connectivity index (χ1v) is 8.14. The Morgan fingerprint density at radius 2 is 1.85 bits per heavy atom. The fourth-order valence-electron chi connectivity index (χ4n) is 2.54. The quantitative estimate of drug-likeness (QED) is 0.706. The normalized spacial score (nSPS) is 10.4. The fourth-order valence-corrected chi connectivity index (χ4v) is 2.54. The van der Waals surface area contributed by atoms with Crippen molar-refractivity contribution in [1.82, 2.24) is 20.1 Å². The molecule has 0 fully saturated rings. The summed E-state index contributed by atoms with van der Waals surface area (Å²) in [7, 11) is 0. The van der Waals surface area contributed by atoms with Gasteiger partial charge in [0.1, 0.15) is 12.7 Å². The van der Waals surface area contributed by atoms with Crippen molar-refractivity contribution in [3.63, 3.8) is 0 Å². The molecule has 2 amide bonds. The van der Waals surface area contributed by atoms with Crippen molar-refractivity contribution >= 4 is 17.5 Å². The van der Waals surface area contributed by atoms with Crippen LogP contribution in [-0.4, -0.2) is 26.6 Å². The van der Waals surface area contributed by atoms with Crippen LogP contribution in [0.25, 0.3) is 5.69 Å². The number of rotatable bonds is 4. The highest BCUT2D eigenvalue weighted by molar-refractivity contribution is 6.39. The molecule has 7 nitrogen and oxygen atoms in total. The van der Waals surface area contributed by atoms with E-state index in [1.807, 2.05) is 50.2 Å². The van der Waals surface area contributed by atoms with Crippen LogP contribution in [-0.2, 0) is 16.1 Å². The second-order valence-electron chi connectivity index (χ2n) is 5.85. The first kappa shape index (κ1) is 17.3. The monoisotopic (exact) mass is 349 g/mol. The van der Waals surface area contributed by atoms with E-state index < -0.39 is 11.8 Å². The predicted octanol–water partition coefficient (Wildman–Crippen LogP) is 2.14. The van der Waals surface area contributed by atoms with Crippen molar-refractivity contribution in [1.29, 1.82) is 0 Å². The molecular weight excluding hydrogens is 330 g/mol. The molecule has 0 aliphatic rings. The summed E-state index contributed by atoms with van der Waals surface area (Å²) in [5.74, 6) is -1.39. The molecule has 2 N–H and O–H groups in total. The summed E-state index contributed by atoms with van der Waals surface area (Å²) in [6.07, 6.45) is 3.01. The van der Waals surface area contributed by atoms with Crippen LogP contribution < -0.4 is 10.6 Å². The molecule has 0 aliphatic carbocycles. The molecule has 3 rings (SSSR count). The Balaban J connectivity index is 1.66. The van der Waals surface area contributed by atoms with E-state index in [0.29, 0.717) is 5.69 Å². The molecular formula is C19H19N5O2. The van der Waals surface area contributed by atoms with E-state index >= 15 is 0 Å². The van der Waals surface area contributed by atoms with Gasteiger partial charge in [-0.1, -0.05) is 30.3 Å². The first-order valence-electron chi connectivity index (χ1n) is 8.14. The Morgan fingerprint density at radius 3 is 2.62 bits per heavy atom. The zero-order valence-corrected chi connectivity index (χ0v) is 14.6. The zero-order chi connectivity index (χ0) is 18.5. The Kier molecular flexibility index (Phi) is 5.07. The van der Waals surface area contributed by atoms with Gasteiger partial charge in [0.25, 0.3) is 0 Å². The van der Waals surface area contributed by atoms with Crippen LogP contribution in [0.1, 0.15) is 16.7 Å². The molecule has 132 valence electrons. The van der Waals surface area contributed by atoms with E-state index in [1.54, 1.807) is 17.1 Å². The first-order chi connectivity index (χ1) is 12.6. The molecule has 0 saturated carbocycles. The summed E-state index contributed by atoms with van der Waals surface area (Å²) in [6, 6.07) is 13.0. The lowest BCUT2D eigenvalue weighted by molar-refractivity contribution is -0.136. The molecule has 0 aliphatic heterocycles. The van der Waals surface area contributed by atoms with E-state index in [-0.39, 0.29) is 6.54 Å². The highest BCUT2D eigenvalue weighted by Gasteiger charge is 2.15. The molecule has 7 heteroatoms. The number of aryl methyl sites for hydroxylation is 1. The number of para-hydroxylation sites is 1. The van der Waals surface area contributed by atoms with E-state index in [2.05, 4.69) is 20.7 Å². The second-order valence-corrected chi connectivity index (χ2v) is 5.85. The van der Waals surface area contributed by atoms with Crippen LogP contribution in [0, 0.1) is 13.8 Å². The number of carbonyl (C=O) groups is 2. The van der Waals surface area contributed by atoms with Crippen LogP contribution in [0.5, 0.6) is 0 Å². The highest BCUT2D eigenvalue weighted by atomic mass is 16.2. The van der Waals surface area contributed by atoms with Gasteiger partial charge < -0.3 is 10.6 Å². The standard InChI is InChI=1S/C19H19N5O2/c1-13-6-5-8-16(14(13)2)23-19(26)18(25)21-10-15-7-3-4-9-17(15)24-12-20-11-22-24/h3-9,11-12H,10H2,1-2H3,(H,21,25)(H,23,26). The molecule has 0 atom stereocenters. The lowest BCUT2D eigenvalue weighted by atomic mass is 10.1. The fraction of sp³-hybridized carbons (Fsp3) is 0.158. The van der Waals surface area contributed by atoms with E-state index in [0.717, 1.165) is 22.4 Å². The average Bonchev–Trinajstić information content (AvgIpc) is 3.18. The molecule has 3 aromatic rings. The molecule has 0 saturated heterocycles. The van der Waals surface area contributed by atoms with Gasteiger partial charge in [-0.3, -0.25) is 9.59 Å². The number of anilines is 1. The van der Waals surface area contributed by atoms with Crippen LogP contribution in [0.15, 0.2) is 55.1 Å². The van der Waals surface area contributed by atoms with Crippen molar-refractivity contribution in [3.05, 3.63) is 71.8 Å². The number of hydrogen-bond donors (Lipinski definition) is 2. The maximum Gasteiger partial charge on any atom is 0.313 e. The minimum atomic E-state index is -0.697. The number of carbonyl (C=O) groups excluding carboxylic acids is 2. The summed E-state index contributed by atoms with van der Waals surface area (Å²) >= 11 is 0. The Bertz CT molecular complexity index is 935. The van der Waals surface area contributed by atoms with Gasteiger partial charge in [-0.05, 0) is 42.7 Å². The summed E-state index contributed by atoms with van der Waals surface area (Å²) < 4.78 is 1.61. The van der Waals surface area contributed by atoms with Gasteiger partial charge in [0.2, 0.25) is 0 Å². The largest absolute Gasteiger partial charge is 0.344 e. The van der Waals surface area contributed by atoms with Gasteiger partial charge in [0, 0.05) is 12.2 Å². The van der Waals surface area contributed by atoms with Crippen molar-refractivity contribution in [2.45, 2.75) is 20.4 Å². The van der Waals surface area contributed by atoms with Gasteiger partial charge in [-0.2, -0.15) is 5.10 Å². The van der Waals surface area contributed by atoms with Gasteiger partial charge in [0.15, 0.2) is 0 Å². The Labute approximate surface area is 151 Å². The number of amides is 2. The molecule has 0 bridgehead atoms. The number of hydrogen-bond acceptors (Lipinski definition) is 4. The molecule has 0 unspecified atom stereocenters. The van der Waals surface area contributed by atoms with Gasteiger partial charge in [0.05, 0.1) is 5.69 Å². The van der Waals surface area contributed by atoms with Crippen LogP contribution >= 0.6 is 0 Å². The number of aromatic nitrogens is 3. The van der Waals surface area contributed by atoms with Crippen LogP contribution in [0.2, 0.25) is 0 Å². The minimum absolute atomic E-state index is 0.203. The smallest absolute Gasteiger partial charge is 0.313 e. The summed E-state index contributed by atoms with van der Waals surface area (Å²) in [5, 5.41) is 9.39. The topological polar surface area (TPSA) is 88.9 Å².